The van der Waals surface area contributed by atoms with Gasteiger partial charge in [-0.2, -0.15) is 0 Å². The molecule has 0 fully saturated rings. The van der Waals surface area contributed by atoms with E-state index in [2.05, 4.69) is 99.0 Å². The van der Waals surface area contributed by atoms with Crippen LogP contribution in [0.1, 0.15) is 189 Å². The second-order valence-electron chi connectivity index (χ2n) is 12.1. The number of primary amides is 1. The van der Waals surface area contributed by atoms with E-state index in [9.17, 15) is 9.59 Å². The molecule has 0 unspecified atom stereocenters. The predicted molar refractivity (Wildman–Crippen MR) is 223 cm³/mol. The molecule has 0 aliphatic heterocycles. The van der Waals surface area contributed by atoms with Crippen LogP contribution in [0.3, 0.4) is 0 Å². The van der Waals surface area contributed by atoms with Crippen LogP contribution in [0.5, 0.6) is 0 Å². The summed E-state index contributed by atoms with van der Waals surface area (Å²) in [5, 5.41) is 3.13. The van der Waals surface area contributed by atoms with Crippen molar-refractivity contribution < 1.29 is 9.59 Å². The molecule has 0 heterocycles. The third-order valence-corrected chi connectivity index (χ3v) is 7.30. The van der Waals surface area contributed by atoms with Gasteiger partial charge in [-0.1, -0.05) is 152 Å². The minimum Gasteiger partial charge on any atom is -0.370 e. The van der Waals surface area contributed by atoms with Crippen LogP contribution in [0, 0.1) is 0 Å². The van der Waals surface area contributed by atoms with E-state index in [4.69, 9.17) is 5.73 Å². The molecule has 0 aromatic carbocycles. The Morgan fingerprint density at radius 3 is 1.14 bits per heavy atom. The molecule has 0 bridgehead atoms. The third kappa shape index (κ3) is 68.3. The van der Waals surface area contributed by atoms with Gasteiger partial charge in [-0.3, -0.25) is 4.79 Å². The summed E-state index contributed by atoms with van der Waals surface area (Å²) in [7, 11) is 2.01. The number of hydrogen-bond acceptors (Lipinski definition) is 3. The van der Waals surface area contributed by atoms with Gasteiger partial charge in [0, 0.05) is 12.8 Å². The fourth-order valence-electron chi connectivity index (χ4n) is 4.36. The van der Waals surface area contributed by atoms with Crippen LogP contribution < -0.4 is 11.1 Å². The zero-order chi connectivity index (χ0) is 37.2. The first-order valence-electron chi connectivity index (χ1n) is 20.4. The van der Waals surface area contributed by atoms with Crippen molar-refractivity contribution in [2.24, 2.45) is 5.73 Å². The highest BCUT2D eigenvalue weighted by Gasteiger charge is 1.92. The zero-order valence-corrected chi connectivity index (χ0v) is 33.6. The molecule has 4 nitrogen and oxygen atoms in total. The zero-order valence-electron chi connectivity index (χ0n) is 33.6. The summed E-state index contributed by atoms with van der Waals surface area (Å²) >= 11 is 0. The molecule has 0 saturated carbocycles. The summed E-state index contributed by atoms with van der Waals surface area (Å²) in [4.78, 5) is 20.6. The van der Waals surface area contributed by atoms with Crippen LogP contribution >= 0.6 is 0 Å². The number of aldehydes is 1. The maximum absolute atomic E-state index is 10.5. The standard InChI is InChI=1S/C18H31NO.C18H30O.C7H17N.C2H6/c1-2-3-4-5-6-7-8-9-10-11-12-13-14-15-16-17-18(19)20;1-2-3-4-5-6-7-8-9-10-11-12-13-14-15-16-17-18-19;1-3-4-5-6-7-8-2;1-2/h6-7,9-10,12-13H,2-5,8,11,14-17H2,1H3,(H2,19,20);6-7,9-10,12-13,18H,2-5,8,11,14-17H2,1H3;8H,3-7H2,1-2H3;1-2H3/b2*7-6-,10-9-,13-12-;;. The first-order chi connectivity index (χ1) is 24.1. The SMILES string of the molecule is CC.CCCCC/C=C\C/C=C\C/C=C\CCCCC(N)=O.CCCCC/C=C\C/C=C\C/C=C\CCCCC=O.CCCCCCNC. The van der Waals surface area contributed by atoms with E-state index in [1.54, 1.807) is 0 Å². The number of nitrogens with two attached hydrogens (primary N) is 1. The number of hydrogen-bond donors (Lipinski definition) is 2. The molecule has 1 amide bonds. The van der Waals surface area contributed by atoms with Crippen LogP contribution in [-0.2, 0) is 9.59 Å². The summed E-state index contributed by atoms with van der Waals surface area (Å²) in [5.41, 5.74) is 5.08. The van der Waals surface area contributed by atoms with Gasteiger partial charge in [-0.25, -0.2) is 0 Å². The molecule has 0 aromatic heterocycles. The number of carbonyl (C=O) groups excluding carboxylic acids is 2. The first kappa shape index (κ1) is 53.3. The maximum Gasteiger partial charge on any atom is 0.217 e. The van der Waals surface area contributed by atoms with Gasteiger partial charge in [-0.05, 0) is 110 Å². The summed E-state index contributed by atoms with van der Waals surface area (Å²) < 4.78 is 0. The van der Waals surface area contributed by atoms with Crippen molar-refractivity contribution in [3.8, 4) is 0 Å². The molecular formula is C45H84N2O2. The molecular weight excluding hydrogens is 601 g/mol. The summed E-state index contributed by atoms with van der Waals surface area (Å²) in [6.07, 6.45) is 55.1. The Labute approximate surface area is 307 Å². The van der Waals surface area contributed by atoms with Gasteiger partial charge in [0.2, 0.25) is 5.91 Å². The molecule has 0 spiro atoms. The molecule has 0 aromatic rings. The van der Waals surface area contributed by atoms with Crippen molar-refractivity contribution in [2.75, 3.05) is 13.6 Å². The minimum absolute atomic E-state index is 0.195. The Hall–Kier alpha value is -2.46. The number of amides is 1. The molecule has 0 atom stereocenters. The van der Waals surface area contributed by atoms with E-state index in [1.165, 1.54) is 83.6 Å². The molecule has 0 radical (unpaired) electrons. The Balaban J connectivity index is -0.000000326. The van der Waals surface area contributed by atoms with E-state index in [0.29, 0.717) is 12.8 Å². The second-order valence-corrected chi connectivity index (χ2v) is 12.1. The number of nitrogens with one attached hydrogen (secondary N) is 1. The van der Waals surface area contributed by atoms with Crippen molar-refractivity contribution in [2.45, 2.75) is 189 Å². The number of allylic oxidation sites excluding steroid dienone is 12. The number of unbranched alkanes of at least 4 members (excludes halogenated alkanes) is 14. The molecule has 0 rings (SSSR count). The third-order valence-electron chi connectivity index (χ3n) is 7.30. The lowest BCUT2D eigenvalue weighted by atomic mass is 10.1. The second kappa shape index (κ2) is 57.8. The Morgan fingerprint density at radius 2 is 0.796 bits per heavy atom. The van der Waals surface area contributed by atoms with Gasteiger partial charge in [0.15, 0.2) is 0 Å². The average molecular weight is 685 g/mol. The van der Waals surface area contributed by atoms with Crippen LogP contribution in [0.25, 0.3) is 0 Å². The van der Waals surface area contributed by atoms with Gasteiger partial charge in [-0.15, -0.1) is 0 Å². The smallest absolute Gasteiger partial charge is 0.217 e. The lowest BCUT2D eigenvalue weighted by molar-refractivity contribution is -0.118. The monoisotopic (exact) mass is 685 g/mol. The summed E-state index contributed by atoms with van der Waals surface area (Å²) in [5.74, 6) is -0.195. The molecule has 4 heteroatoms. The van der Waals surface area contributed by atoms with Crippen molar-refractivity contribution in [1.29, 1.82) is 0 Å². The van der Waals surface area contributed by atoms with Crippen molar-refractivity contribution in [3.05, 3.63) is 72.9 Å². The van der Waals surface area contributed by atoms with E-state index in [-0.39, 0.29) is 5.91 Å². The highest BCUT2D eigenvalue weighted by Crippen LogP contribution is 2.04. The Morgan fingerprint density at radius 1 is 0.469 bits per heavy atom. The van der Waals surface area contributed by atoms with Crippen LogP contribution in [-0.4, -0.2) is 25.8 Å². The van der Waals surface area contributed by atoms with Gasteiger partial charge in [0.05, 0.1) is 0 Å². The first-order valence-corrected chi connectivity index (χ1v) is 20.4. The van der Waals surface area contributed by atoms with E-state index < -0.39 is 0 Å². The van der Waals surface area contributed by atoms with Crippen LogP contribution in [0.15, 0.2) is 72.9 Å². The van der Waals surface area contributed by atoms with Crippen molar-refractivity contribution in [3.63, 3.8) is 0 Å². The molecule has 49 heavy (non-hydrogen) atoms. The van der Waals surface area contributed by atoms with E-state index in [0.717, 1.165) is 70.5 Å². The van der Waals surface area contributed by atoms with Gasteiger partial charge >= 0.3 is 0 Å². The summed E-state index contributed by atoms with van der Waals surface area (Å²) in [6.45, 7) is 11.9. The topological polar surface area (TPSA) is 72.2 Å². The van der Waals surface area contributed by atoms with Gasteiger partial charge in [0.25, 0.3) is 0 Å². The van der Waals surface area contributed by atoms with Crippen LogP contribution in [0.4, 0.5) is 0 Å². The van der Waals surface area contributed by atoms with E-state index >= 15 is 0 Å². The molecule has 3 N–H and O–H groups in total. The fourth-order valence-corrected chi connectivity index (χ4v) is 4.36. The Kier molecular flexibility index (Phi) is 62.9. The number of rotatable bonds is 31. The van der Waals surface area contributed by atoms with Crippen LogP contribution in [0.2, 0.25) is 0 Å². The van der Waals surface area contributed by atoms with Crippen molar-refractivity contribution in [1.82, 2.24) is 5.32 Å². The average Bonchev–Trinajstić information content (AvgIpc) is 3.11. The van der Waals surface area contributed by atoms with Gasteiger partial charge in [0.1, 0.15) is 6.29 Å². The molecule has 286 valence electrons. The van der Waals surface area contributed by atoms with Gasteiger partial charge < -0.3 is 15.8 Å². The highest BCUT2D eigenvalue weighted by atomic mass is 16.1. The van der Waals surface area contributed by atoms with Crippen molar-refractivity contribution >= 4 is 12.2 Å². The number of carbonyl (C=O) groups is 2. The lowest BCUT2D eigenvalue weighted by Crippen LogP contribution is -2.09. The lowest BCUT2D eigenvalue weighted by Gasteiger charge is -1.95. The van der Waals surface area contributed by atoms with E-state index in [1.807, 2.05) is 20.9 Å². The maximum atomic E-state index is 10.5. The Bertz CT molecular complexity index is 771. The molecule has 0 aliphatic rings. The molecule has 0 aliphatic carbocycles. The largest absolute Gasteiger partial charge is 0.370 e. The minimum atomic E-state index is -0.195. The molecule has 0 saturated heterocycles. The quantitative estimate of drug-likeness (QED) is 0.0434. The summed E-state index contributed by atoms with van der Waals surface area (Å²) in [6, 6.07) is 0. The fraction of sp³-hybridized carbons (Fsp3) is 0.689. The predicted octanol–water partition coefficient (Wildman–Crippen LogP) is 13.6. The normalized spacial score (nSPS) is 11.3. The highest BCUT2D eigenvalue weighted by molar-refractivity contribution is 5.73.